The summed E-state index contributed by atoms with van der Waals surface area (Å²) in [6, 6.07) is 7.66. The lowest BCUT2D eigenvalue weighted by Crippen LogP contribution is -2.34. The van der Waals surface area contributed by atoms with Crippen molar-refractivity contribution in [2.75, 3.05) is 5.32 Å². The maximum atomic E-state index is 11.4. The van der Waals surface area contributed by atoms with Crippen molar-refractivity contribution in [2.45, 2.75) is 32.3 Å². The number of carbonyl (C=O) groups excluding carboxylic acids is 1. The van der Waals surface area contributed by atoms with E-state index in [1.807, 2.05) is 26.0 Å². The summed E-state index contributed by atoms with van der Waals surface area (Å²) in [7, 11) is 0. The van der Waals surface area contributed by atoms with E-state index < -0.39 is 11.5 Å². The van der Waals surface area contributed by atoms with E-state index in [1.54, 1.807) is 13.0 Å². The summed E-state index contributed by atoms with van der Waals surface area (Å²) in [5, 5.41) is 11.8. The molecule has 0 aromatic heterocycles. The predicted octanol–water partition coefficient (Wildman–Crippen LogP) is 2.21. The number of rotatable bonds is 1. The van der Waals surface area contributed by atoms with Crippen molar-refractivity contribution in [3.8, 4) is 11.8 Å². The van der Waals surface area contributed by atoms with Gasteiger partial charge < -0.3 is 10.1 Å². The molecule has 0 saturated heterocycles. The largest absolute Gasteiger partial charge is 0.479 e. The zero-order chi connectivity index (χ0) is 12.6. The maximum absolute atomic E-state index is 11.4. The highest BCUT2D eigenvalue weighted by Gasteiger charge is 2.26. The number of hydrogen-bond donors (Lipinski definition) is 1. The number of nitrogens with zero attached hydrogens (tertiary/aromatic N) is 1. The average molecular weight is 230 g/mol. The molecule has 4 nitrogen and oxygen atoms in total. The van der Waals surface area contributed by atoms with Gasteiger partial charge in [0, 0.05) is 0 Å². The van der Waals surface area contributed by atoms with Crippen molar-refractivity contribution in [3.63, 3.8) is 0 Å². The lowest BCUT2D eigenvalue weighted by Gasteiger charge is -2.25. The molecule has 1 amide bonds. The van der Waals surface area contributed by atoms with Gasteiger partial charge in [0.1, 0.15) is 5.75 Å². The van der Waals surface area contributed by atoms with Crippen LogP contribution in [-0.2, 0) is 10.2 Å². The van der Waals surface area contributed by atoms with E-state index in [0.29, 0.717) is 11.4 Å². The van der Waals surface area contributed by atoms with Crippen LogP contribution in [0.5, 0.6) is 5.75 Å². The number of nitriles is 1. The van der Waals surface area contributed by atoms with Gasteiger partial charge in [-0.05, 0) is 38.5 Å². The molecule has 0 saturated carbocycles. The first-order valence-corrected chi connectivity index (χ1v) is 5.47. The fourth-order valence-electron chi connectivity index (χ4n) is 1.65. The topological polar surface area (TPSA) is 62.1 Å². The van der Waals surface area contributed by atoms with Crippen LogP contribution in [0.2, 0.25) is 0 Å². The lowest BCUT2D eigenvalue weighted by molar-refractivity contribution is -0.122. The second kappa shape index (κ2) is 3.77. The highest BCUT2D eigenvalue weighted by Crippen LogP contribution is 2.34. The van der Waals surface area contributed by atoms with Crippen molar-refractivity contribution >= 4 is 11.6 Å². The summed E-state index contributed by atoms with van der Waals surface area (Å²) < 4.78 is 5.50. The zero-order valence-electron chi connectivity index (χ0n) is 10.1. The number of carbonyl (C=O) groups is 1. The van der Waals surface area contributed by atoms with Crippen LogP contribution >= 0.6 is 0 Å². The molecule has 0 spiro atoms. The van der Waals surface area contributed by atoms with Gasteiger partial charge in [-0.25, -0.2) is 0 Å². The summed E-state index contributed by atoms with van der Waals surface area (Å²) in [4.78, 5) is 11.4. The van der Waals surface area contributed by atoms with E-state index in [-0.39, 0.29) is 5.91 Å². The van der Waals surface area contributed by atoms with Gasteiger partial charge in [-0.15, -0.1) is 0 Å². The Hall–Kier alpha value is -2.02. The lowest BCUT2D eigenvalue weighted by atomic mass is 9.86. The van der Waals surface area contributed by atoms with Crippen LogP contribution in [-0.4, -0.2) is 12.0 Å². The minimum absolute atomic E-state index is 0.148. The van der Waals surface area contributed by atoms with Crippen LogP contribution in [0.15, 0.2) is 18.2 Å². The number of hydrogen-bond acceptors (Lipinski definition) is 3. The molecular weight excluding hydrogens is 216 g/mol. The van der Waals surface area contributed by atoms with E-state index in [4.69, 9.17) is 10.00 Å². The number of anilines is 1. The van der Waals surface area contributed by atoms with Crippen LogP contribution in [0.3, 0.4) is 0 Å². The Balaban J connectivity index is 2.43. The third-order valence-corrected chi connectivity index (χ3v) is 2.91. The predicted molar refractivity (Wildman–Crippen MR) is 63.8 cm³/mol. The number of nitrogens with one attached hydrogen (secondary N) is 1. The highest BCUT2D eigenvalue weighted by atomic mass is 16.5. The van der Waals surface area contributed by atoms with Gasteiger partial charge in [-0.2, -0.15) is 5.26 Å². The van der Waals surface area contributed by atoms with Crippen molar-refractivity contribution < 1.29 is 9.53 Å². The van der Waals surface area contributed by atoms with Crippen LogP contribution < -0.4 is 10.1 Å². The molecule has 88 valence electrons. The Morgan fingerprint density at radius 2 is 2.18 bits per heavy atom. The summed E-state index contributed by atoms with van der Waals surface area (Å²) in [5.41, 5.74) is 0.969. The van der Waals surface area contributed by atoms with E-state index >= 15 is 0 Å². The van der Waals surface area contributed by atoms with E-state index in [2.05, 4.69) is 11.4 Å². The molecule has 1 unspecified atom stereocenters. The molecule has 1 N–H and O–H groups in total. The molecule has 0 bridgehead atoms. The van der Waals surface area contributed by atoms with Gasteiger partial charge in [-0.1, -0.05) is 6.07 Å². The highest BCUT2D eigenvalue weighted by molar-refractivity contribution is 5.97. The van der Waals surface area contributed by atoms with Gasteiger partial charge in [-0.3, -0.25) is 4.79 Å². The monoisotopic (exact) mass is 230 g/mol. The molecule has 4 heteroatoms. The normalized spacial score (nSPS) is 18.7. The summed E-state index contributed by atoms with van der Waals surface area (Å²) in [6.45, 7) is 5.39. The molecule has 1 aliphatic rings. The van der Waals surface area contributed by atoms with Crippen molar-refractivity contribution in [1.29, 1.82) is 5.26 Å². The van der Waals surface area contributed by atoms with Gasteiger partial charge in [0.2, 0.25) is 0 Å². The fraction of sp³-hybridized carbons (Fsp3) is 0.385. The molecule has 2 rings (SSSR count). The smallest absolute Gasteiger partial charge is 0.265 e. The first-order chi connectivity index (χ1) is 7.94. The first-order valence-electron chi connectivity index (χ1n) is 5.47. The number of ether oxygens (including phenoxy) is 1. The Morgan fingerprint density at radius 3 is 2.82 bits per heavy atom. The zero-order valence-corrected chi connectivity index (χ0v) is 10.1. The molecule has 0 radical (unpaired) electrons. The Labute approximate surface area is 100 Å². The average Bonchev–Trinajstić information content (AvgIpc) is 2.30. The Kier molecular flexibility index (Phi) is 2.55. The number of benzene rings is 1. The van der Waals surface area contributed by atoms with Crippen LogP contribution in [0.4, 0.5) is 5.69 Å². The van der Waals surface area contributed by atoms with Crippen LogP contribution in [0.25, 0.3) is 0 Å². The third-order valence-electron chi connectivity index (χ3n) is 2.91. The van der Waals surface area contributed by atoms with Gasteiger partial charge in [0.25, 0.3) is 5.91 Å². The maximum Gasteiger partial charge on any atom is 0.265 e. The molecule has 1 aliphatic heterocycles. The second-order valence-electron chi connectivity index (χ2n) is 4.70. The first kappa shape index (κ1) is 11.5. The number of amides is 1. The fourth-order valence-corrected chi connectivity index (χ4v) is 1.65. The SMILES string of the molecule is CC1Oc2cc(C(C)(C)C#N)ccc2NC1=O. The van der Waals surface area contributed by atoms with E-state index in [1.165, 1.54) is 0 Å². The second-order valence-corrected chi connectivity index (χ2v) is 4.70. The minimum Gasteiger partial charge on any atom is -0.479 e. The molecule has 0 aliphatic carbocycles. The summed E-state index contributed by atoms with van der Waals surface area (Å²) in [5.74, 6) is 0.475. The molecule has 0 fully saturated rings. The quantitative estimate of drug-likeness (QED) is 0.804. The van der Waals surface area contributed by atoms with Crippen LogP contribution in [0, 0.1) is 11.3 Å². The molecular formula is C13H14N2O2. The molecule has 1 aromatic rings. The van der Waals surface area contributed by atoms with Gasteiger partial charge in [0.05, 0.1) is 17.2 Å². The van der Waals surface area contributed by atoms with Crippen molar-refractivity contribution in [3.05, 3.63) is 23.8 Å². The van der Waals surface area contributed by atoms with Crippen LogP contribution in [0.1, 0.15) is 26.3 Å². The molecule has 1 aromatic carbocycles. The van der Waals surface area contributed by atoms with Gasteiger partial charge >= 0.3 is 0 Å². The molecule has 1 heterocycles. The van der Waals surface area contributed by atoms with E-state index in [0.717, 1.165) is 5.56 Å². The molecule has 1 atom stereocenters. The Bertz CT molecular complexity index is 515. The summed E-state index contributed by atoms with van der Waals surface area (Å²) >= 11 is 0. The number of fused-ring (bicyclic) bond motifs is 1. The van der Waals surface area contributed by atoms with Crippen molar-refractivity contribution in [2.24, 2.45) is 0 Å². The van der Waals surface area contributed by atoms with Crippen molar-refractivity contribution in [1.82, 2.24) is 0 Å². The third kappa shape index (κ3) is 1.96. The van der Waals surface area contributed by atoms with E-state index in [9.17, 15) is 4.79 Å². The molecule has 17 heavy (non-hydrogen) atoms. The minimum atomic E-state index is -0.566. The standard InChI is InChI=1S/C13H14N2O2/c1-8-12(16)15-10-5-4-9(6-11(10)17-8)13(2,3)7-14/h4-6,8H,1-3H3,(H,15,16). The summed E-state index contributed by atoms with van der Waals surface area (Å²) in [6.07, 6.45) is -0.497. The Morgan fingerprint density at radius 1 is 1.47 bits per heavy atom. The van der Waals surface area contributed by atoms with Gasteiger partial charge in [0.15, 0.2) is 6.10 Å².